The summed E-state index contributed by atoms with van der Waals surface area (Å²) in [6, 6.07) is 14.7. The van der Waals surface area contributed by atoms with E-state index in [-0.39, 0.29) is 5.82 Å². The molecule has 2 aromatic carbocycles. The zero-order valence-corrected chi connectivity index (χ0v) is 12.1. The fraction of sp³-hybridized carbons (Fsp3) is 0.176. The van der Waals surface area contributed by atoms with Crippen LogP contribution in [0.5, 0.6) is 0 Å². The SMILES string of the molecule is COC=C(NOCc1ccccc1)c1ccc(C)c(F)c1. The van der Waals surface area contributed by atoms with Crippen LogP contribution in [-0.4, -0.2) is 7.11 Å². The first-order valence-electron chi connectivity index (χ1n) is 6.62. The highest BCUT2D eigenvalue weighted by Crippen LogP contribution is 2.16. The van der Waals surface area contributed by atoms with E-state index in [0.29, 0.717) is 23.4 Å². The summed E-state index contributed by atoms with van der Waals surface area (Å²) in [6.45, 7) is 2.12. The lowest BCUT2D eigenvalue weighted by Gasteiger charge is -2.12. The molecule has 0 radical (unpaired) electrons. The molecular weight excluding hydrogens is 269 g/mol. The minimum Gasteiger partial charge on any atom is -0.502 e. The second-order valence-corrected chi connectivity index (χ2v) is 4.61. The van der Waals surface area contributed by atoms with Crippen molar-refractivity contribution >= 4 is 5.70 Å². The highest BCUT2D eigenvalue weighted by Gasteiger charge is 2.06. The fourth-order valence-electron chi connectivity index (χ4n) is 1.80. The van der Waals surface area contributed by atoms with Crippen LogP contribution in [0.15, 0.2) is 54.8 Å². The van der Waals surface area contributed by atoms with E-state index in [1.807, 2.05) is 36.4 Å². The standard InChI is InChI=1S/C17H18FNO2/c1-13-8-9-15(10-16(13)18)17(12-20-2)19-21-11-14-6-4-3-5-7-14/h3-10,12,19H,11H2,1-2H3. The average Bonchev–Trinajstić information content (AvgIpc) is 2.50. The van der Waals surface area contributed by atoms with E-state index in [9.17, 15) is 4.39 Å². The number of rotatable bonds is 6. The van der Waals surface area contributed by atoms with Gasteiger partial charge in [-0.1, -0.05) is 42.5 Å². The Morgan fingerprint density at radius 3 is 2.62 bits per heavy atom. The smallest absolute Gasteiger partial charge is 0.126 e. The van der Waals surface area contributed by atoms with Crippen LogP contribution in [0.25, 0.3) is 5.70 Å². The summed E-state index contributed by atoms with van der Waals surface area (Å²) in [7, 11) is 1.53. The summed E-state index contributed by atoms with van der Waals surface area (Å²) in [5.41, 5.74) is 5.66. The predicted octanol–water partition coefficient (Wildman–Crippen LogP) is 3.80. The van der Waals surface area contributed by atoms with Gasteiger partial charge in [0.25, 0.3) is 0 Å². The van der Waals surface area contributed by atoms with Gasteiger partial charge in [-0.25, -0.2) is 4.39 Å². The van der Waals surface area contributed by atoms with E-state index in [1.54, 1.807) is 13.0 Å². The van der Waals surface area contributed by atoms with Crippen molar-refractivity contribution in [1.82, 2.24) is 5.48 Å². The van der Waals surface area contributed by atoms with Crippen molar-refractivity contribution in [3.63, 3.8) is 0 Å². The minimum absolute atomic E-state index is 0.264. The summed E-state index contributed by atoms with van der Waals surface area (Å²) in [5, 5.41) is 0. The van der Waals surface area contributed by atoms with Crippen LogP contribution in [0.2, 0.25) is 0 Å². The van der Waals surface area contributed by atoms with E-state index in [1.165, 1.54) is 19.4 Å². The normalized spacial score (nSPS) is 11.3. The Hall–Kier alpha value is -2.33. The molecule has 0 amide bonds. The molecule has 110 valence electrons. The van der Waals surface area contributed by atoms with Crippen LogP contribution in [0.1, 0.15) is 16.7 Å². The molecule has 0 atom stereocenters. The van der Waals surface area contributed by atoms with Gasteiger partial charge in [0.15, 0.2) is 0 Å². The monoisotopic (exact) mass is 287 g/mol. The lowest BCUT2D eigenvalue weighted by molar-refractivity contribution is 0.0632. The third-order valence-corrected chi connectivity index (χ3v) is 2.98. The average molecular weight is 287 g/mol. The number of methoxy groups -OCH3 is 1. The van der Waals surface area contributed by atoms with Crippen molar-refractivity contribution in [2.75, 3.05) is 7.11 Å². The van der Waals surface area contributed by atoms with Crippen LogP contribution in [-0.2, 0) is 16.2 Å². The maximum atomic E-state index is 13.6. The number of benzene rings is 2. The first-order valence-corrected chi connectivity index (χ1v) is 6.62. The molecule has 3 nitrogen and oxygen atoms in total. The maximum absolute atomic E-state index is 13.6. The largest absolute Gasteiger partial charge is 0.502 e. The maximum Gasteiger partial charge on any atom is 0.126 e. The summed E-state index contributed by atoms with van der Waals surface area (Å²) in [6.07, 6.45) is 1.48. The molecule has 0 saturated heterocycles. The van der Waals surface area contributed by atoms with Gasteiger partial charge < -0.3 is 4.74 Å². The van der Waals surface area contributed by atoms with E-state index in [4.69, 9.17) is 9.57 Å². The Kier molecular flexibility index (Phi) is 5.35. The van der Waals surface area contributed by atoms with E-state index in [0.717, 1.165) is 5.56 Å². The lowest BCUT2D eigenvalue weighted by Crippen LogP contribution is -2.13. The first kappa shape index (κ1) is 15.1. The van der Waals surface area contributed by atoms with Crippen LogP contribution in [0, 0.1) is 12.7 Å². The van der Waals surface area contributed by atoms with Crippen molar-refractivity contribution in [1.29, 1.82) is 0 Å². The molecule has 0 bridgehead atoms. The van der Waals surface area contributed by atoms with Gasteiger partial charge in [0.1, 0.15) is 17.8 Å². The van der Waals surface area contributed by atoms with Gasteiger partial charge in [0.2, 0.25) is 0 Å². The summed E-state index contributed by atoms with van der Waals surface area (Å²) >= 11 is 0. The Bertz CT molecular complexity index is 611. The second kappa shape index (κ2) is 7.45. The molecule has 0 unspecified atom stereocenters. The Morgan fingerprint density at radius 1 is 1.19 bits per heavy atom. The minimum atomic E-state index is -0.264. The number of hydrogen-bond acceptors (Lipinski definition) is 3. The van der Waals surface area contributed by atoms with Crippen molar-refractivity contribution in [2.24, 2.45) is 0 Å². The van der Waals surface area contributed by atoms with Crippen molar-refractivity contribution in [3.8, 4) is 0 Å². The molecular formula is C17H18FNO2. The van der Waals surface area contributed by atoms with Gasteiger partial charge in [0.05, 0.1) is 13.7 Å². The van der Waals surface area contributed by atoms with Crippen LogP contribution >= 0.6 is 0 Å². The highest BCUT2D eigenvalue weighted by molar-refractivity contribution is 5.62. The van der Waals surface area contributed by atoms with Crippen molar-refractivity contribution in [3.05, 3.63) is 77.3 Å². The molecule has 0 heterocycles. The van der Waals surface area contributed by atoms with E-state index >= 15 is 0 Å². The van der Waals surface area contributed by atoms with E-state index < -0.39 is 0 Å². The molecule has 0 aliphatic rings. The van der Waals surface area contributed by atoms with Gasteiger partial charge in [-0.15, -0.1) is 0 Å². The molecule has 0 fully saturated rings. The number of hydroxylamine groups is 1. The number of hydrogen-bond donors (Lipinski definition) is 1. The van der Waals surface area contributed by atoms with Gasteiger partial charge in [0, 0.05) is 5.56 Å². The Balaban J connectivity index is 2.02. The molecule has 2 rings (SSSR count). The van der Waals surface area contributed by atoms with Gasteiger partial charge >= 0.3 is 0 Å². The van der Waals surface area contributed by atoms with Crippen molar-refractivity contribution in [2.45, 2.75) is 13.5 Å². The van der Waals surface area contributed by atoms with Gasteiger partial charge in [-0.2, -0.15) is 0 Å². The molecule has 0 spiro atoms. The quantitative estimate of drug-likeness (QED) is 0.647. The molecule has 0 aromatic heterocycles. The molecule has 1 N–H and O–H groups in total. The number of aryl methyl sites for hydroxylation is 1. The zero-order valence-electron chi connectivity index (χ0n) is 12.1. The number of nitrogens with one attached hydrogen (secondary N) is 1. The third kappa shape index (κ3) is 4.33. The molecule has 0 aliphatic carbocycles. The Labute approximate surface area is 124 Å². The number of ether oxygens (including phenoxy) is 1. The van der Waals surface area contributed by atoms with Gasteiger partial charge in [-0.05, 0) is 24.1 Å². The molecule has 0 saturated carbocycles. The van der Waals surface area contributed by atoms with Crippen LogP contribution in [0.4, 0.5) is 4.39 Å². The van der Waals surface area contributed by atoms with Gasteiger partial charge in [-0.3, -0.25) is 10.3 Å². The molecule has 2 aromatic rings. The van der Waals surface area contributed by atoms with Crippen molar-refractivity contribution < 1.29 is 14.0 Å². The molecule has 0 aliphatic heterocycles. The Morgan fingerprint density at radius 2 is 1.95 bits per heavy atom. The topological polar surface area (TPSA) is 30.5 Å². The van der Waals surface area contributed by atoms with Crippen LogP contribution in [0.3, 0.4) is 0 Å². The fourth-order valence-corrected chi connectivity index (χ4v) is 1.80. The summed E-state index contributed by atoms with van der Waals surface area (Å²) in [4.78, 5) is 5.44. The predicted molar refractivity (Wildman–Crippen MR) is 80.5 cm³/mol. The second-order valence-electron chi connectivity index (χ2n) is 4.61. The number of halogens is 1. The molecule has 21 heavy (non-hydrogen) atoms. The lowest BCUT2D eigenvalue weighted by atomic mass is 10.1. The molecule has 4 heteroatoms. The highest BCUT2D eigenvalue weighted by atomic mass is 19.1. The van der Waals surface area contributed by atoms with E-state index in [2.05, 4.69) is 5.48 Å². The van der Waals surface area contributed by atoms with Crippen LogP contribution < -0.4 is 5.48 Å². The summed E-state index contributed by atoms with van der Waals surface area (Å²) in [5.74, 6) is -0.264. The first-order chi connectivity index (χ1) is 10.2. The zero-order chi connectivity index (χ0) is 15.1. The summed E-state index contributed by atoms with van der Waals surface area (Å²) < 4.78 is 18.6. The third-order valence-electron chi connectivity index (χ3n) is 2.98.